The van der Waals surface area contributed by atoms with Crippen molar-refractivity contribution in [3.63, 3.8) is 0 Å². The zero-order valence-electron chi connectivity index (χ0n) is 16.6. The Labute approximate surface area is 197 Å². The largest absolute Gasteiger partial charge is 0.337 e. The molecule has 0 saturated carbocycles. The van der Waals surface area contributed by atoms with Gasteiger partial charge in [0.25, 0.3) is 5.91 Å². The molecule has 1 N–H and O–H groups in total. The van der Waals surface area contributed by atoms with Gasteiger partial charge in [0.1, 0.15) is 0 Å². The summed E-state index contributed by atoms with van der Waals surface area (Å²) in [7, 11) is 1.84. The van der Waals surface area contributed by atoms with E-state index in [0.29, 0.717) is 6.54 Å². The molecule has 0 fully saturated rings. The van der Waals surface area contributed by atoms with Gasteiger partial charge in [0.05, 0.1) is 11.9 Å². The van der Waals surface area contributed by atoms with Gasteiger partial charge < -0.3 is 9.62 Å². The third kappa shape index (κ3) is 4.13. The summed E-state index contributed by atoms with van der Waals surface area (Å²) in [6, 6.07) is 20.6. The third-order valence-corrected chi connectivity index (χ3v) is 8.17. The molecule has 5 rings (SSSR count). The molecule has 1 amide bonds. The van der Waals surface area contributed by atoms with Crippen molar-refractivity contribution in [1.29, 1.82) is 0 Å². The highest BCUT2D eigenvalue weighted by molar-refractivity contribution is 9.10. The highest BCUT2D eigenvalue weighted by atomic mass is 79.9. The molecule has 0 unspecified atom stereocenters. The lowest BCUT2D eigenvalue weighted by molar-refractivity contribution is 0.0816. The molecule has 0 atom stereocenters. The number of aromatic nitrogens is 1. The van der Waals surface area contributed by atoms with Crippen LogP contribution in [0.2, 0.25) is 0 Å². The number of benzene rings is 2. The van der Waals surface area contributed by atoms with E-state index in [9.17, 15) is 4.79 Å². The maximum absolute atomic E-state index is 12.1. The SMILES string of the molecule is CN1Cc2cc(-c3ccc(-c4cncc(NSc5ccccc5Br)c4)s3)ccc2C1=O. The summed E-state index contributed by atoms with van der Waals surface area (Å²) in [6.45, 7) is 0.674. The predicted molar refractivity (Wildman–Crippen MR) is 132 cm³/mol. The number of rotatable bonds is 5. The molecule has 0 bridgehead atoms. The van der Waals surface area contributed by atoms with Gasteiger partial charge in [-0.25, -0.2) is 0 Å². The molecule has 7 heteroatoms. The average molecular weight is 508 g/mol. The molecule has 1 aliphatic heterocycles. The van der Waals surface area contributed by atoms with Crippen molar-refractivity contribution in [1.82, 2.24) is 9.88 Å². The molecule has 154 valence electrons. The number of pyridine rings is 1. The first kappa shape index (κ1) is 20.3. The Balaban J connectivity index is 1.36. The second-order valence-electron chi connectivity index (χ2n) is 7.29. The summed E-state index contributed by atoms with van der Waals surface area (Å²) in [5, 5.41) is 0. The van der Waals surface area contributed by atoms with E-state index < -0.39 is 0 Å². The van der Waals surface area contributed by atoms with Crippen LogP contribution >= 0.6 is 39.2 Å². The Hall–Kier alpha value is -2.61. The summed E-state index contributed by atoms with van der Waals surface area (Å²) in [5.41, 5.74) is 5.08. The van der Waals surface area contributed by atoms with E-state index in [0.717, 1.165) is 42.2 Å². The Morgan fingerprint density at radius 1 is 1.03 bits per heavy atom. The molecule has 2 aromatic carbocycles. The number of carbonyl (C=O) groups excluding carboxylic acids is 1. The molecule has 4 aromatic rings. The Kier molecular flexibility index (Phi) is 5.56. The fraction of sp³-hybridized carbons (Fsp3) is 0.0833. The van der Waals surface area contributed by atoms with Gasteiger partial charge in [-0.05, 0) is 81.5 Å². The van der Waals surface area contributed by atoms with Crippen molar-refractivity contribution >= 4 is 50.8 Å². The number of halogens is 1. The Bertz CT molecular complexity index is 1290. The fourth-order valence-electron chi connectivity index (χ4n) is 3.54. The van der Waals surface area contributed by atoms with E-state index in [1.807, 2.05) is 49.8 Å². The number of fused-ring (bicyclic) bond motifs is 1. The van der Waals surface area contributed by atoms with Gasteiger partial charge in [0.15, 0.2) is 0 Å². The van der Waals surface area contributed by atoms with Gasteiger partial charge in [-0.1, -0.05) is 18.2 Å². The Morgan fingerprint density at radius 2 is 1.84 bits per heavy atom. The normalized spacial score (nSPS) is 12.8. The molecule has 31 heavy (non-hydrogen) atoms. The van der Waals surface area contributed by atoms with Gasteiger partial charge >= 0.3 is 0 Å². The number of thiophene rings is 1. The lowest BCUT2D eigenvalue weighted by atomic mass is 10.1. The number of hydrogen-bond acceptors (Lipinski definition) is 5. The van der Waals surface area contributed by atoms with E-state index in [1.54, 1.807) is 28.2 Å². The Morgan fingerprint density at radius 3 is 2.68 bits per heavy atom. The minimum atomic E-state index is 0.101. The molecule has 2 aromatic heterocycles. The maximum atomic E-state index is 12.1. The minimum absolute atomic E-state index is 0.101. The van der Waals surface area contributed by atoms with Crippen LogP contribution in [-0.2, 0) is 6.54 Å². The molecule has 0 radical (unpaired) electrons. The summed E-state index contributed by atoms with van der Waals surface area (Å²) < 4.78 is 4.44. The maximum Gasteiger partial charge on any atom is 0.254 e. The second-order valence-corrected chi connectivity index (χ2v) is 10.1. The van der Waals surface area contributed by atoms with Crippen LogP contribution < -0.4 is 4.72 Å². The van der Waals surface area contributed by atoms with Gasteiger partial charge in [0, 0.05) is 50.0 Å². The van der Waals surface area contributed by atoms with Crippen molar-refractivity contribution in [2.75, 3.05) is 11.8 Å². The van der Waals surface area contributed by atoms with Gasteiger partial charge in [-0.2, -0.15) is 0 Å². The zero-order valence-corrected chi connectivity index (χ0v) is 19.9. The van der Waals surface area contributed by atoms with Gasteiger partial charge in [-0.3, -0.25) is 9.78 Å². The first-order valence-corrected chi connectivity index (χ1v) is 12.1. The third-order valence-electron chi connectivity index (χ3n) is 5.12. The fourth-order valence-corrected chi connectivity index (χ4v) is 5.70. The van der Waals surface area contributed by atoms with Crippen LogP contribution in [0.15, 0.2) is 82.4 Å². The van der Waals surface area contributed by atoms with Crippen molar-refractivity contribution in [2.24, 2.45) is 0 Å². The van der Waals surface area contributed by atoms with Crippen LogP contribution in [-0.4, -0.2) is 22.8 Å². The van der Waals surface area contributed by atoms with Gasteiger partial charge in [-0.15, -0.1) is 11.3 Å². The van der Waals surface area contributed by atoms with Crippen molar-refractivity contribution < 1.29 is 4.79 Å². The number of anilines is 1. The van der Waals surface area contributed by atoms with Crippen molar-refractivity contribution in [2.45, 2.75) is 11.4 Å². The quantitative estimate of drug-likeness (QED) is 0.297. The van der Waals surface area contributed by atoms with Crippen molar-refractivity contribution in [3.8, 4) is 20.9 Å². The van der Waals surface area contributed by atoms with Gasteiger partial charge in [0.2, 0.25) is 0 Å². The predicted octanol–water partition coefficient (Wildman–Crippen LogP) is 6.94. The van der Waals surface area contributed by atoms with E-state index in [1.165, 1.54) is 4.88 Å². The minimum Gasteiger partial charge on any atom is -0.337 e. The monoisotopic (exact) mass is 507 g/mol. The number of carbonyl (C=O) groups is 1. The summed E-state index contributed by atoms with van der Waals surface area (Å²) in [4.78, 5) is 21.8. The number of amides is 1. The summed E-state index contributed by atoms with van der Waals surface area (Å²) >= 11 is 6.86. The van der Waals surface area contributed by atoms with E-state index >= 15 is 0 Å². The van der Waals surface area contributed by atoms with E-state index in [4.69, 9.17) is 0 Å². The average Bonchev–Trinajstić information content (AvgIpc) is 3.38. The van der Waals surface area contributed by atoms with Crippen LogP contribution in [0.3, 0.4) is 0 Å². The summed E-state index contributed by atoms with van der Waals surface area (Å²) in [5.74, 6) is 0.101. The smallest absolute Gasteiger partial charge is 0.254 e. The van der Waals surface area contributed by atoms with E-state index in [2.05, 4.69) is 56.0 Å². The van der Waals surface area contributed by atoms with Crippen LogP contribution in [0.1, 0.15) is 15.9 Å². The lowest BCUT2D eigenvalue weighted by Gasteiger charge is -2.07. The molecular formula is C24H18BrN3OS2. The molecule has 0 saturated heterocycles. The summed E-state index contributed by atoms with van der Waals surface area (Å²) in [6.07, 6.45) is 3.72. The highest BCUT2D eigenvalue weighted by Crippen LogP contribution is 2.37. The standard InChI is InChI=1S/C24H18BrN3OS2/c1-28-14-17-10-15(6-7-19(17)24(28)29)21-8-9-22(30-21)16-11-18(13-26-12-16)27-31-23-5-3-2-4-20(23)25/h2-13,27H,14H2,1H3. The molecule has 4 nitrogen and oxygen atoms in total. The molecule has 3 heterocycles. The first-order chi connectivity index (χ1) is 15.1. The van der Waals surface area contributed by atoms with E-state index in [-0.39, 0.29) is 5.91 Å². The number of hydrogen-bond donors (Lipinski definition) is 1. The second kappa shape index (κ2) is 8.49. The number of nitrogens with zero attached hydrogens (tertiary/aromatic N) is 2. The number of nitrogens with one attached hydrogen (secondary N) is 1. The first-order valence-electron chi connectivity index (χ1n) is 9.70. The van der Waals surface area contributed by atoms with Crippen LogP contribution in [0.25, 0.3) is 20.9 Å². The van der Waals surface area contributed by atoms with Crippen LogP contribution in [0.5, 0.6) is 0 Å². The molecule has 0 spiro atoms. The molecule has 1 aliphatic rings. The topological polar surface area (TPSA) is 45.2 Å². The zero-order chi connectivity index (χ0) is 21.4. The van der Waals surface area contributed by atoms with Crippen molar-refractivity contribution in [3.05, 3.63) is 88.7 Å². The lowest BCUT2D eigenvalue weighted by Crippen LogP contribution is -2.17. The van der Waals surface area contributed by atoms with Crippen LogP contribution in [0, 0.1) is 0 Å². The molecular weight excluding hydrogens is 490 g/mol. The van der Waals surface area contributed by atoms with Crippen LogP contribution in [0.4, 0.5) is 5.69 Å². The highest BCUT2D eigenvalue weighted by Gasteiger charge is 2.24. The molecule has 0 aliphatic carbocycles.